The van der Waals surface area contributed by atoms with Gasteiger partial charge in [0.25, 0.3) is 0 Å². The van der Waals surface area contributed by atoms with Crippen LogP contribution in [0.3, 0.4) is 0 Å². The number of hydrogen-bond acceptors (Lipinski definition) is 9. The highest BCUT2D eigenvalue weighted by molar-refractivity contribution is 5.69. The second-order valence-electron chi connectivity index (χ2n) is 12.1. The molecule has 2 N–H and O–H groups in total. The summed E-state index contributed by atoms with van der Waals surface area (Å²) >= 11 is 0. The summed E-state index contributed by atoms with van der Waals surface area (Å²) in [6.45, 7) is 12.9. The molecule has 1 aromatic rings. The summed E-state index contributed by atoms with van der Waals surface area (Å²) in [4.78, 5) is 36.9. The number of aliphatic hydroxyl groups is 2. The summed E-state index contributed by atoms with van der Waals surface area (Å²) in [5, 5.41) is 25.1. The van der Waals surface area contributed by atoms with Crippen molar-refractivity contribution < 1.29 is 43.2 Å². The van der Waals surface area contributed by atoms with Crippen LogP contribution in [0.1, 0.15) is 79.6 Å². The van der Waals surface area contributed by atoms with Crippen LogP contribution in [-0.2, 0) is 40.4 Å². The number of ether oxygens (including phenoxy) is 3. The van der Waals surface area contributed by atoms with Gasteiger partial charge in [-0.25, -0.2) is 0 Å². The smallest absolute Gasteiger partial charge is 0.303 e. The van der Waals surface area contributed by atoms with Crippen molar-refractivity contribution in [3.63, 3.8) is 0 Å². The number of carbonyl (C=O) groups is 3. The predicted molar refractivity (Wildman–Crippen MR) is 127 cm³/mol. The van der Waals surface area contributed by atoms with Gasteiger partial charge in [-0.05, 0) is 18.9 Å². The quantitative estimate of drug-likeness (QED) is 0.469. The van der Waals surface area contributed by atoms with Gasteiger partial charge in [-0.3, -0.25) is 14.4 Å². The van der Waals surface area contributed by atoms with E-state index in [0.717, 1.165) is 5.56 Å². The summed E-state index contributed by atoms with van der Waals surface area (Å²) < 4.78 is 23.1. The van der Waals surface area contributed by atoms with E-state index < -0.39 is 69.6 Å². The number of esters is 3. The molecule has 0 unspecified atom stereocenters. The number of rotatable bonds is 3. The standard InChI is InChI=1S/C27H38O9/c1-14(28)34-20-21(35-15(2)29)24(6,7)27(32)11-10-26(31)19(25(27,8)22(20)36-16(3)30)13-18-17(9-12-33-18)23(26,4)5/h9,12,19-22,31-32H,10-11,13H2,1-8H3/t19-,20+,21-,22+,25+,26-,27-/m1/s1. The zero-order valence-electron chi connectivity index (χ0n) is 22.3. The SMILES string of the molecule is CC(=O)O[C@H]1[C@@H](OC(C)=O)C(C)(C)[C@]2(O)CC[C@@]3(O)[C@H](Cc4occc4C3(C)C)[C@@]2(C)[C@H]1OC(C)=O. The third-order valence-corrected chi connectivity index (χ3v) is 9.80. The first-order valence-corrected chi connectivity index (χ1v) is 12.5. The summed E-state index contributed by atoms with van der Waals surface area (Å²) in [6.07, 6.45) is -1.27. The molecule has 0 spiro atoms. The van der Waals surface area contributed by atoms with Crippen LogP contribution < -0.4 is 0 Å². The van der Waals surface area contributed by atoms with Gasteiger partial charge in [-0.1, -0.05) is 34.6 Å². The van der Waals surface area contributed by atoms with E-state index in [0.29, 0.717) is 5.76 Å². The van der Waals surface area contributed by atoms with Crippen LogP contribution in [0.4, 0.5) is 0 Å². The van der Waals surface area contributed by atoms with Gasteiger partial charge in [0, 0.05) is 54.9 Å². The number of furan rings is 1. The monoisotopic (exact) mass is 506 g/mol. The fourth-order valence-electron chi connectivity index (χ4n) is 7.88. The maximum Gasteiger partial charge on any atom is 0.303 e. The minimum Gasteiger partial charge on any atom is -0.469 e. The molecule has 4 rings (SSSR count). The van der Waals surface area contributed by atoms with E-state index in [1.54, 1.807) is 27.0 Å². The van der Waals surface area contributed by atoms with Gasteiger partial charge in [-0.2, -0.15) is 0 Å². The Hall–Kier alpha value is -2.39. The molecule has 200 valence electrons. The Labute approximate surface area is 211 Å². The van der Waals surface area contributed by atoms with E-state index in [9.17, 15) is 24.6 Å². The molecule has 0 amide bonds. The van der Waals surface area contributed by atoms with Gasteiger partial charge in [0.1, 0.15) is 5.76 Å². The molecule has 9 heteroatoms. The van der Waals surface area contributed by atoms with Crippen LogP contribution in [0.25, 0.3) is 0 Å². The molecule has 1 heterocycles. The zero-order chi connectivity index (χ0) is 27.1. The molecule has 3 aliphatic carbocycles. The maximum absolute atomic E-state index is 12.7. The van der Waals surface area contributed by atoms with Crippen LogP contribution in [0, 0.1) is 16.7 Å². The lowest BCUT2D eigenvalue weighted by molar-refractivity contribution is -0.352. The minimum atomic E-state index is -1.59. The number of carbonyl (C=O) groups excluding carboxylic acids is 3. The van der Waals surface area contributed by atoms with Crippen molar-refractivity contribution in [2.75, 3.05) is 0 Å². The Balaban J connectivity index is 2.01. The topological polar surface area (TPSA) is 132 Å². The predicted octanol–water partition coefficient (Wildman–Crippen LogP) is 2.83. The van der Waals surface area contributed by atoms with Crippen molar-refractivity contribution in [3.8, 4) is 0 Å². The fourth-order valence-corrected chi connectivity index (χ4v) is 7.88. The highest BCUT2D eigenvalue weighted by atomic mass is 16.6. The number of hydrogen-bond donors (Lipinski definition) is 2. The molecule has 1 aromatic heterocycles. The third-order valence-electron chi connectivity index (χ3n) is 9.80. The Morgan fingerprint density at radius 2 is 1.44 bits per heavy atom. The molecule has 0 saturated heterocycles. The Morgan fingerprint density at radius 1 is 0.889 bits per heavy atom. The van der Waals surface area contributed by atoms with Crippen LogP contribution in [0.5, 0.6) is 0 Å². The van der Waals surface area contributed by atoms with Crippen LogP contribution in [0.2, 0.25) is 0 Å². The number of fused-ring (bicyclic) bond motifs is 4. The molecule has 7 atom stereocenters. The van der Waals surface area contributed by atoms with Crippen molar-refractivity contribution in [3.05, 3.63) is 23.7 Å². The van der Waals surface area contributed by atoms with E-state index in [-0.39, 0.29) is 19.3 Å². The van der Waals surface area contributed by atoms with Crippen molar-refractivity contribution in [1.82, 2.24) is 0 Å². The molecule has 0 radical (unpaired) electrons. The van der Waals surface area contributed by atoms with Gasteiger partial charge in [0.05, 0.1) is 17.5 Å². The average Bonchev–Trinajstić information content (AvgIpc) is 3.22. The molecule has 0 aromatic carbocycles. The van der Waals surface area contributed by atoms with Gasteiger partial charge in [-0.15, -0.1) is 0 Å². The van der Waals surface area contributed by atoms with Gasteiger partial charge in [0.2, 0.25) is 0 Å². The molecule has 2 fully saturated rings. The summed E-state index contributed by atoms with van der Waals surface area (Å²) in [7, 11) is 0. The largest absolute Gasteiger partial charge is 0.469 e. The Bertz CT molecular complexity index is 1090. The highest BCUT2D eigenvalue weighted by Gasteiger charge is 2.79. The van der Waals surface area contributed by atoms with Crippen molar-refractivity contribution in [2.24, 2.45) is 16.7 Å². The maximum atomic E-state index is 12.7. The van der Waals surface area contributed by atoms with E-state index in [1.165, 1.54) is 20.8 Å². The van der Waals surface area contributed by atoms with E-state index in [4.69, 9.17) is 18.6 Å². The Morgan fingerprint density at radius 3 is 2.00 bits per heavy atom. The second-order valence-corrected chi connectivity index (χ2v) is 12.1. The lowest BCUT2D eigenvalue weighted by atomic mass is 9.37. The summed E-state index contributed by atoms with van der Waals surface area (Å²) in [5.74, 6) is -1.89. The Kier molecular flexibility index (Phi) is 5.97. The van der Waals surface area contributed by atoms with E-state index in [2.05, 4.69) is 0 Å². The minimum absolute atomic E-state index is 0.141. The lowest BCUT2D eigenvalue weighted by Crippen LogP contribution is -2.82. The molecule has 36 heavy (non-hydrogen) atoms. The zero-order valence-corrected chi connectivity index (χ0v) is 22.3. The van der Waals surface area contributed by atoms with E-state index in [1.807, 2.05) is 19.9 Å². The van der Waals surface area contributed by atoms with Crippen molar-refractivity contribution >= 4 is 17.9 Å². The first-order chi connectivity index (χ1) is 16.4. The normalized spacial score (nSPS) is 40.2. The summed E-state index contributed by atoms with van der Waals surface area (Å²) in [6, 6.07) is 1.86. The summed E-state index contributed by atoms with van der Waals surface area (Å²) in [5.41, 5.74) is -5.24. The molecule has 2 saturated carbocycles. The molecular formula is C27H38O9. The van der Waals surface area contributed by atoms with E-state index >= 15 is 0 Å². The average molecular weight is 507 g/mol. The van der Waals surface area contributed by atoms with Gasteiger partial charge in [0.15, 0.2) is 18.3 Å². The van der Waals surface area contributed by atoms with Gasteiger partial charge >= 0.3 is 17.9 Å². The lowest BCUT2D eigenvalue weighted by Gasteiger charge is -2.72. The fraction of sp³-hybridized carbons (Fsp3) is 0.741. The molecule has 3 aliphatic rings. The van der Waals surface area contributed by atoms with Crippen LogP contribution in [0.15, 0.2) is 16.7 Å². The molecule has 0 aliphatic heterocycles. The van der Waals surface area contributed by atoms with Gasteiger partial charge < -0.3 is 28.8 Å². The van der Waals surface area contributed by atoms with Crippen LogP contribution in [-0.4, -0.2) is 57.6 Å². The second kappa shape index (κ2) is 8.05. The molecular weight excluding hydrogens is 468 g/mol. The third kappa shape index (κ3) is 3.24. The van der Waals surface area contributed by atoms with Crippen LogP contribution >= 0.6 is 0 Å². The van der Waals surface area contributed by atoms with Crippen molar-refractivity contribution in [1.29, 1.82) is 0 Å². The van der Waals surface area contributed by atoms with Crippen molar-refractivity contribution in [2.45, 2.75) is 110 Å². The first-order valence-electron chi connectivity index (χ1n) is 12.5. The molecule has 0 bridgehead atoms. The molecule has 9 nitrogen and oxygen atoms in total. The highest BCUT2D eigenvalue weighted by Crippen LogP contribution is 2.70. The first kappa shape index (κ1) is 26.7.